The fourth-order valence-corrected chi connectivity index (χ4v) is 0. The van der Waals surface area contributed by atoms with Gasteiger partial charge >= 0.3 is 5.97 Å². The highest BCUT2D eigenvalue weighted by atomic mass is 16.4. The summed E-state index contributed by atoms with van der Waals surface area (Å²) in [5.41, 5.74) is 0. The number of rotatable bonds is 1. The number of aliphatic carboxylic acids is 2. The first kappa shape index (κ1) is 30.4. The zero-order valence-electron chi connectivity index (χ0n) is 11.5. The molecule has 1 atom stereocenters. The lowest BCUT2D eigenvalue weighted by atomic mass is 10.4. The van der Waals surface area contributed by atoms with Crippen molar-refractivity contribution in [3.63, 3.8) is 0 Å². The second-order valence-electron chi connectivity index (χ2n) is 2.27. The summed E-state index contributed by atoms with van der Waals surface area (Å²) in [5.74, 6) is -2.02. The molecule has 0 aliphatic rings. The molecule has 0 aromatic heterocycles. The lowest BCUT2D eigenvalue weighted by Gasteiger charge is -1.89. The third kappa shape index (κ3) is 634. The van der Waals surface area contributed by atoms with Crippen LogP contribution in [-0.4, -0.2) is 68.4 Å². The summed E-state index contributed by atoms with van der Waals surface area (Å²) in [6.07, 6.45) is -1.23. The van der Waals surface area contributed by atoms with Gasteiger partial charge in [0.1, 0.15) is 6.10 Å². The van der Waals surface area contributed by atoms with Crippen molar-refractivity contribution in [2.45, 2.75) is 33.8 Å². The monoisotopic (exact) mass is 288 g/mol. The maximum atomic E-state index is 9.45. The normalized spacial score (nSPS) is 8.16. The Hall–Kier alpha value is -1.71. The van der Waals surface area contributed by atoms with Crippen LogP contribution in [0.5, 0.6) is 0 Å². The van der Waals surface area contributed by atoms with Gasteiger partial charge in [0.05, 0.1) is 0 Å². The highest BCUT2D eigenvalue weighted by Gasteiger charge is 2.01. The Labute approximate surface area is 111 Å². The number of carbonyl (C=O) groups is 3. The van der Waals surface area contributed by atoms with Gasteiger partial charge < -0.3 is 30.6 Å². The molecule has 0 aliphatic carbocycles. The number of aliphatic hydroxyl groups is 3. The molecule has 0 aromatic rings. The molecular weight excluding hydrogens is 264 g/mol. The zero-order valence-corrected chi connectivity index (χ0v) is 11.5. The number of hydrogen-bond acceptors (Lipinski definition) is 6. The minimum atomic E-state index is -1.23. The smallest absolute Gasteiger partial charge is 0.332 e. The average molecular weight is 288 g/mol. The van der Waals surface area contributed by atoms with Gasteiger partial charge in [-0.2, -0.15) is 0 Å². The molecule has 9 nitrogen and oxygen atoms in total. The second kappa shape index (κ2) is 36.0. The van der Waals surface area contributed by atoms with Gasteiger partial charge in [0.25, 0.3) is 12.4 Å². The molecule has 0 aromatic carbocycles. The molecule has 118 valence electrons. The highest BCUT2D eigenvalue weighted by molar-refractivity contribution is 5.71. The molecule has 0 saturated heterocycles. The van der Waals surface area contributed by atoms with Crippen molar-refractivity contribution in [1.82, 2.24) is 0 Å². The van der Waals surface area contributed by atoms with Gasteiger partial charge in [-0.05, 0) is 20.8 Å². The quantitative estimate of drug-likeness (QED) is 0.339. The number of carboxylic acid groups (broad SMARTS) is 3. The molecule has 19 heavy (non-hydrogen) atoms. The topological polar surface area (TPSA) is 173 Å². The molecule has 1 unspecified atom stereocenters. The van der Waals surface area contributed by atoms with Crippen molar-refractivity contribution >= 4 is 18.4 Å². The van der Waals surface area contributed by atoms with Crippen molar-refractivity contribution in [3.8, 4) is 0 Å². The molecule has 0 aliphatic heterocycles. The van der Waals surface area contributed by atoms with E-state index in [-0.39, 0.29) is 19.7 Å². The predicted molar refractivity (Wildman–Crippen MR) is 66.8 cm³/mol. The van der Waals surface area contributed by atoms with Crippen LogP contribution < -0.4 is 0 Å². The largest absolute Gasteiger partial charge is 0.483 e. The van der Waals surface area contributed by atoms with Crippen LogP contribution in [0.1, 0.15) is 27.7 Å². The molecule has 0 spiro atoms. The van der Waals surface area contributed by atoms with Crippen LogP contribution in [0.15, 0.2) is 0 Å². The van der Waals surface area contributed by atoms with E-state index in [1.807, 2.05) is 0 Å². The van der Waals surface area contributed by atoms with Crippen LogP contribution in [0, 0.1) is 0 Å². The molecule has 9 heteroatoms. The van der Waals surface area contributed by atoms with E-state index in [1.165, 1.54) is 6.92 Å². The summed E-state index contributed by atoms with van der Waals surface area (Å²) >= 11 is 0. The number of aliphatic hydroxyl groups excluding tert-OH is 3. The summed E-state index contributed by atoms with van der Waals surface area (Å²) in [7, 11) is 0. The van der Waals surface area contributed by atoms with E-state index in [0.717, 1.165) is 6.92 Å². The fraction of sp³-hybridized carbons (Fsp3) is 0.700. The van der Waals surface area contributed by atoms with Gasteiger partial charge in [-0.25, -0.2) is 4.79 Å². The Bertz CT molecular complexity index is 174. The SMILES string of the molecule is CC(=O)O.CC(O)C(=O)O.CCO.CCO.O=CO. The van der Waals surface area contributed by atoms with Crippen LogP contribution in [0.25, 0.3) is 0 Å². The van der Waals surface area contributed by atoms with E-state index in [4.69, 9.17) is 40.2 Å². The summed E-state index contributed by atoms with van der Waals surface area (Å²) in [6, 6.07) is 0. The van der Waals surface area contributed by atoms with Crippen molar-refractivity contribution in [2.24, 2.45) is 0 Å². The summed E-state index contributed by atoms with van der Waals surface area (Å²) in [4.78, 5) is 26.8. The molecule has 0 radical (unpaired) electrons. The molecule has 6 N–H and O–H groups in total. The van der Waals surface area contributed by atoms with E-state index in [9.17, 15) is 4.79 Å². The molecule has 0 heterocycles. The standard InChI is InChI=1S/C3H6O3.C2H4O2.2C2H6O.CH2O2/c1-2(4)3(5)6;1-2(3)4;2*1-2-3;2-1-3/h2,4H,1H3,(H,5,6);1H3,(H,3,4);2*3H,2H2,1H3;1H,(H,2,3). The van der Waals surface area contributed by atoms with E-state index >= 15 is 0 Å². The Morgan fingerprint density at radius 1 is 1.11 bits per heavy atom. The molecule has 0 amide bonds. The van der Waals surface area contributed by atoms with E-state index < -0.39 is 18.0 Å². The first-order valence-electron chi connectivity index (χ1n) is 5.02. The maximum absolute atomic E-state index is 9.45. The minimum absolute atomic E-state index is 0.250. The molecule has 0 rings (SSSR count). The Kier molecular flexibility index (Phi) is 57.5. The van der Waals surface area contributed by atoms with Crippen LogP contribution in [0.3, 0.4) is 0 Å². The van der Waals surface area contributed by atoms with Crippen molar-refractivity contribution in [1.29, 1.82) is 0 Å². The average Bonchev–Trinajstić information content (AvgIpc) is 2.19. The number of hydrogen-bond donors (Lipinski definition) is 6. The molecular formula is C10H24O9. The van der Waals surface area contributed by atoms with Gasteiger partial charge in [0.2, 0.25) is 0 Å². The van der Waals surface area contributed by atoms with E-state index in [0.29, 0.717) is 0 Å². The fourth-order valence-electron chi connectivity index (χ4n) is 0. The third-order valence-electron chi connectivity index (χ3n) is 0.357. The van der Waals surface area contributed by atoms with Gasteiger partial charge in [-0.1, -0.05) is 0 Å². The molecule has 0 fully saturated rings. The highest BCUT2D eigenvalue weighted by Crippen LogP contribution is 1.73. The van der Waals surface area contributed by atoms with E-state index in [2.05, 4.69) is 0 Å². The predicted octanol–water partition coefficient (Wildman–Crippen LogP) is -0.759. The van der Waals surface area contributed by atoms with Crippen molar-refractivity contribution < 1.29 is 45.0 Å². The van der Waals surface area contributed by atoms with Crippen LogP contribution >= 0.6 is 0 Å². The van der Waals surface area contributed by atoms with Crippen LogP contribution in [-0.2, 0) is 14.4 Å². The number of carboxylic acids is 2. The summed E-state index contributed by atoms with van der Waals surface area (Å²) in [6.45, 7) is 5.89. The Morgan fingerprint density at radius 2 is 1.16 bits per heavy atom. The lowest BCUT2D eigenvalue weighted by molar-refractivity contribution is -0.145. The van der Waals surface area contributed by atoms with Crippen molar-refractivity contribution in [2.75, 3.05) is 13.2 Å². The van der Waals surface area contributed by atoms with Crippen LogP contribution in [0.4, 0.5) is 0 Å². The van der Waals surface area contributed by atoms with Gasteiger partial charge in [0, 0.05) is 20.1 Å². The Morgan fingerprint density at radius 3 is 1.16 bits per heavy atom. The molecule has 0 bridgehead atoms. The minimum Gasteiger partial charge on any atom is -0.483 e. The van der Waals surface area contributed by atoms with Gasteiger partial charge in [-0.3, -0.25) is 9.59 Å². The van der Waals surface area contributed by atoms with Crippen molar-refractivity contribution in [3.05, 3.63) is 0 Å². The van der Waals surface area contributed by atoms with Gasteiger partial charge in [0.15, 0.2) is 0 Å². The maximum Gasteiger partial charge on any atom is 0.332 e. The molecule has 0 saturated carbocycles. The Balaban J connectivity index is -0.0000000448. The van der Waals surface area contributed by atoms with E-state index in [1.54, 1.807) is 13.8 Å². The summed E-state index contributed by atoms with van der Waals surface area (Å²) in [5, 5.41) is 45.2. The zero-order chi connectivity index (χ0) is 16.9. The first-order valence-corrected chi connectivity index (χ1v) is 5.02. The van der Waals surface area contributed by atoms with Gasteiger partial charge in [-0.15, -0.1) is 0 Å². The first-order chi connectivity index (χ1) is 8.62. The summed E-state index contributed by atoms with van der Waals surface area (Å²) < 4.78 is 0. The third-order valence-corrected chi connectivity index (χ3v) is 0.357. The van der Waals surface area contributed by atoms with Crippen LogP contribution in [0.2, 0.25) is 0 Å². The second-order valence-corrected chi connectivity index (χ2v) is 2.27. The lowest BCUT2D eigenvalue weighted by Crippen LogP contribution is -2.13.